The molecule has 2 aliphatic heterocycles. The smallest absolute Gasteiger partial charge is 0.160 e. The van der Waals surface area contributed by atoms with Crippen LogP contribution in [0.5, 0.6) is 0 Å². The molecular weight excluding hydrogens is 382 g/mol. The van der Waals surface area contributed by atoms with Gasteiger partial charge in [0.2, 0.25) is 0 Å². The van der Waals surface area contributed by atoms with E-state index in [0.717, 1.165) is 51.9 Å². The molecule has 0 bridgehead atoms. The standard InChI is InChI=1S/C25H30F2N2O/c26-23-5-1-19(2-6-23)21-9-13-28(14-10-21)17-25(30)18-29-15-11-22(12-16-29)20-3-7-24(27)8-4-20/h1-8,21-22H,9-18H2. The molecule has 0 aromatic heterocycles. The number of ketones is 1. The Morgan fingerprint density at radius 3 is 1.33 bits per heavy atom. The van der Waals surface area contributed by atoms with Crippen LogP contribution in [0, 0.1) is 11.6 Å². The van der Waals surface area contributed by atoms with E-state index in [0.29, 0.717) is 24.9 Å². The van der Waals surface area contributed by atoms with E-state index in [1.54, 1.807) is 0 Å². The highest BCUT2D eigenvalue weighted by Gasteiger charge is 2.25. The van der Waals surface area contributed by atoms with Crippen molar-refractivity contribution < 1.29 is 13.6 Å². The van der Waals surface area contributed by atoms with Crippen LogP contribution in [-0.4, -0.2) is 54.9 Å². The molecule has 3 nitrogen and oxygen atoms in total. The number of nitrogens with zero attached hydrogens (tertiary/aromatic N) is 2. The van der Waals surface area contributed by atoms with Crippen molar-refractivity contribution in [3.63, 3.8) is 0 Å². The molecule has 2 heterocycles. The van der Waals surface area contributed by atoms with Gasteiger partial charge in [-0.1, -0.05) is 24.3 Å². The SMILES string of the molecule is O=C(CN1CCC(c2ccc(F)cc2)CC1)CN1CCC(c2ccc(F)cc2)CC1. The van der Waals surface area contributed by atoms with Crippen LogP contribution < -0.4 is 0 Å². The number of Topliss-reactive ketones (excluding diaryl/α,β-unsaturated/α-hetero) is 1. The molecule has 0 amide bonds. The molecule has 0 N–H and O–H groups in total. The Morgan fingerprint density at radius 2 is 1.00 bits per heavy atom. The summed E-state index contributed by atoms with van der Waals surface area (Å²) in [4.78, 5) is 17.1. The summed E-state index contributed by atoms with van der Waals surface area (Å²) in [5, 5.41) is 0. The molecule has 2 aliphatic rings. The summed E-state index contributed by atoms with van der Waals surface area (Å²) >= 11 is 0. The molecule has 4 rings (SSSR count). The fourth-order valence-corrected chi connectivity index (χ4v) is 4.87. The van der Waals surface area contributed by atoms with Crippen molar-refractivity contribution in [3.8, 4) is 0 Å². The molecule has 0 unspecified atom stereocenters. The number of piperidine rings is 2. The first-order valence-electron chi connectivity index (χ1n) is 11.0. The van der Waals surface area contributed by atoms with E-state index in [4.69, 9.17) is 0 Å². The van der Waals surface area contributed by atoms with Gasteiger partial charge in [0.15, 0.2) is 5.78 Å². The minimum absolute atomic E-state index is 0.191. The quantitative estimate of drug-likeness (QED) is 0.693. The molecular formula is C25H30F2N2O. The van der Waals surface area contributed by atoms with Crippen molar-refractivity contribution in [1.29, 1.82) is 0 Å². The topological polar surface area (TPSA) is 23.6 Å². The summed E-state index contributed by atoms with van der Waals surface area (Å²) in [5.41, 5.74) is 2.40. The minimum atomic E-state index is -0.191. The van der Waals surface area contributed by atoms with Crippen molar-refractivity contribution in [3.05, 3.63) is 71.3 Å². The molecule has 2 saturated heterocycles. The summed E-state index contributed by atoms with van der Waals surface area (Å²) < 4.78 is 26.2. The van der Waals surface area contributed by atoms with E-state index >= 15 is 0 Å². The van der Waals surface area contributed by atoms with Gasteiger partial charge in [0.1, 0.15) is 11.6 Å². The van der Waals surface area contributed by atoms with E-state index in [9.17, 15) is 13.6 Å². The second-order valence-corrected chi connectivity index (χ2v) is 8.74. The predicted molar refractivity (Wildman–Crippen MR) is 115 cm³/mol. The van der Waals surface area contributed by atoms with Gasteiger partial charge < -0.3 is 0 Å². The van der Waals surface area contributed by atoms with Gasteiger partial charge in [0.05, 0.1) is 13.1 Å². The van der Waals surface area contributed by atoms with Crippen LogP contribution in [0.1, 0.15) is 48.6 Å². The van der Waals surface area contributed by atoms with Gasteiger partial charge in [-0.3, -0.25) is 14.6 Å². The third kappa shape index (κ3) is 5.52. The highest BCUT2D eigenvalue weighted by Crippen LogP contribution is 2.29. The molecule has 2 aromatic rings. The minimum Gasteiger partial charge on any atom is -0.297 e. The predicted octanol–water partition coefficient (Wildman–Crippen LogP) is 4.59. The van der Waals surface area contributed by atoms with Gasteiger partial charge >= 0.3 is 0 Å². The van der Waals surface area contributed by atoms with Crippen LogP contribution in [-0.2, 0) is 4.79 Å². The third-order valence-electron chi connectivity index (χ3n) is 6.66. The Bertz CT molecular complexity index is 752. The Hall–Kier alpha value is -2.11. The third-order valence-corrected chi connectivity index (χ3v) is 6.66. The number of benzene rings is 2. The number of carbonyl (C=O) groups is 1. The van der Waals surface area contributed by atoms with Gasteiger partial charge in [-0.2, -0.15) is 0 Å². The molecule has 0 atom stereocenters. The van der Waals surface area contributed by atoms with Crippen LogP contribution >= 0.6 is 0 Å². The highest BCUT2D eigenvalue weighted by molar-refractivity contribution is 5.82. The van der Waals surface area contributed by atoms with E-state index in [-0.39, 0.29) is 17.4 Å². The van der Waals surface area contributed by atoms with Crippen LogP contribution in [0.25, 0.3) is 0 Å². The molecule has 0 aliphatic carbocycles. The zero-order chi connectivity index (χ0) is 20.9. The van der Waals surface area contributed by atoms with Gasteiger partial charge in [-0.25, -0.2) is 8.78 Å². The summed E-state index contributed by atoms with van der Waals surface area (Å²) in [6.45, 7) is 4.71. The number of hydrogen-bond donors (Lipinski definition) is 0. The average molecular weight is 413 g/mol. The van der Waals surface area contributed by atoms with Gasteiger partial charge in [-0.15, -0.1) is 0 Å². The maximum atomic E-state index is 13.1. The van der Waals surface area contributed by atoms with Crippen molar-refractivity contribution in [2.75, 3.05) is 39.3 Å². The first-order chi connectivity index (χ1) is 14.6. The Kier molecular flexibility index (Phi) is 6.90. The normalized spacial score (nSPS) is 19.8. The number of hydrogen-bond acceptors (Lipinski definition) is 3. The van der Waals surface area contributed by atoms with Crippen LogP contribution in [0.2, 0.25) is 0 Å². The summed E-state index contributed by atoms with van der Waals surface area (Å²) in [6.07, 6.45) is 4.06. The molecule has 0 saturated carbocycles. The maximum absolute atomic E-state index is 13.1. The van der Waals surface area contributed by atoms with Crippen molar-refractivity contribution in [2.45, 2.75) is 37.5 Å². The first kappa shape index (κ1) is 21.1. The van der Waals surface area contributed by atoms with E-state index in [1.807, 2.05) is 24.3 Å². The second-order valence-electron chi connectivity index (χ2n) is 8.74. The average Bonchev–Trinajstić information content (AvgIpc) is 2.76. The van der Waals surface area contributed by atoms with Crippen molar-refractivity contribution >= 4 is 5.78 Å². The molecule has 160 valence electrons. The van der Waals surface area contributed by atoms with Crippen LogP contribution in [0.4, 0.5) is 8.78 Å². The van der Waals surface area contributed by atoms with Crippen LogP contribution in [0.15, 0.2) is 48.5 Å². The summed E-state index contributed by atoms with van der Waals surface area (Å²) in [7, 11) is 0. The van der Waals surface area contributed by atoms with E-state index in [2.05, 4.69) is 9.80 Å². The van der Waals surface area contributed by atoms with E-state index < -0.39 is 0 Å². The largest absolute Gasteiger partial charge is 0.297 e. The zero-order valence-electron chi connectivity index (χ0n) is 17.4. The fourth-order valence-electron chi connectivity index (χ4n) is 4.87. The lowest BCUT2D eigenvalue weighted by Crippen LogP contribution is -2.42. The first-order valence-corrected chi connectivity index (χ1v) is 11.0. The van der Waals surface area contributed by atoms with Gasteiger partial charge in [0, 0.05) is 0 Å². The molecule has 5 heteroatoms. The Morgan fingerprint density at radius 1 is 0.667 bits per heavy atom. The van der Waals surface area contributed by atoms with Gasteiger partial charge in [-0.05, 0) is 99.1 Å². The molecule has 0 radical (unpaired) electrons. The molecule has 30 heavy (non-hydrogen) atoms. The lowest BCUT2D eigenvalue weighted by Gasteiger charge is -2.34. The molecule has 0 spiro atoms. The molecule has 2 aromatic carbocycles. The number of halogens is 2. The summed E-state index contributed by atoms with van der Waals surface area (Å²) in [5.74, 6) is 0.826. The second kappa shape index (κ2) is 9.80. The lowest BCUT2D eigenvalue weighted by atomic mass is 9.89. The van der Waals surface area contributed by atoms with Crippen LogP contribution in [0.3, 0.4) is 0 Å². The number of rotatable bonds is 6. The summed E-state index contributed by atoms with van der Waals surface area (Å²) in [6, 6.07) is 13.7. The lowest BCUT2D eigenvalue weighted by molar-refractivity contribution is -0.121. The van der Waals surface area contributed by atoms with Gasteiger partial charge in [0.25, 0.3) is 0 Å². The van der Waals surface area contributed by atoms with Crippen molar-refractivity contribution in [1.82, 2.24) is 9.80 Å². The molecule has 2 fully saturated rings. The highest BCUT2D eigenvalue weighted by atomic mass is 19.1. The van der Waals surface area contributed by atoms with Crippen molar-refractivity contribution in [2.24, 2.45) is 0 Å². The Balaban J connectivity index is 1.18. The monoisotopic (exact) mass is 412 g/mol. The van der Waals surface area contributed by atoms with E-state index in [1.165, 1.54) is 35.4 Å². The Labute approximate surface area is 177 Å². The maximum Gasteiger partial charge on any atom is 0.160 e. The number of carbonyl (C=O) groups excluding carboxylic acids is 1. The number of likely N-dealkylation sites (tertiary alicyclic amines) is 2. The fraction of sp³-hybridized carbons (Fsp3) is 0.480. The zero-order valence-corrected chi connectivity index (χ0v) is 17.4.